The van der Waals surface area contributed by atoms with Crippen LogP contribution in [0.15, 0.2) is 108 Å². The minimum Gasteiger partial charge on any atom is -0.497 e. The lowest BCUT2D eigenvalue weighted by molar-refractivity contribution is -0.116. The normalized spacial score (nSPS) is 11.7. The Morgan fingerprint density at radius 3 is 2.23 bits per heavy atom. The molecule has 4 rings (SSSR count). The van der Waals surface area contributed by atoms with Crippen molar-refractivity contribution in [3.63, 3.8) is 0 Å². The number of ether oxygens (including phenoxy) is 2. The molecule has 3 N–H and O–H groups in total. The number of methoxy groups -OCH3 is 2. The van der Waals surface area contributed by atoms with Crippen LogP contribution in [0.5, 0.6) is 11.5 Å². The number of carbonyl (C=O) groups is 3. The lowest BCUT2D eigenvalue weighted by atomic mass is 10.1. The monoisotopic (exact) mass is 629 g/mol. The summed E-state index contributed by atoms with van der Waals surface area (Å²) in [5.74, 6) is 0.0870. The number of anilines is 2. The molecule has 0 fully saturated rings. The highest BCUT2D eigenvalue weighted by molar-refractivity contribution is 8.00. The molecule has 0 aliphatic rings. The zero-order chi connectivity index (χ0) is 31.5. The van der Waals surface area contributed by atoms with Gasteiger partial charge in [0.25, 0.3) is 11.8 Å². The van der Waals surface area contributed by atoms with Crippen LogP contribution in [-0.4, -0.2) is 37.2 Å². The summed E-state index contributed by atoms with van der Waals surface area (Å²) in [5, 5.41) is 8.51. The second-order valence-electron chi connectivity index (χ2n) is 9.49. The Morgan fingerprint density at radius 2 is 1.57 bits per heavy atom. The zero-order valence-electron chi connectivity index (χ0n) is 24.4. The van der Waals surface area contributed by atoms with Gasteiger partial charge in [-0.3, -0.25) is 14.4 Å². The van der Waals surface area contributed by atoms with Gasteiger partial charge in [0.1, 0.15) is 17.2 Å². The Labute approximate surface area is 265 Å². The van der Waals surface area contributed by atoms with E-state index in [0.29, 0.717) is 45.4 Å². The Balaban J connectivity index is 1.49. The summed E-state index contributed by atoms with van der Waals surface area (Å²) in [6.07, 6.45) is 2.16. The van der Waals surface area contributed by atoms with E-state index < -0.39 is 17.1 Å². The lowest BCUT2D eigenvalue weighted by Gasteiger charge is -2.16. The molecule has 4 aromatic carbocycles. The van der Waals surface area contributed by atoms with Crippen molar-refractivity contribution in [1.29, 1.82) is 0 Å². The second kappa shape index (κ2) is 15.7. The molecule has 0 aliphatic heterocycles. The number of rotatable bonds is 12. The van der Waals surface area contributed by atoms with E-state index in [1.807, 2.05) is 19.1 Å². The molecule has 10 heteroatoms. The molecule has 0 heterocycles. The van der Waals surface area contributed by atoms with E-state index in [0.717, 1.165) is 4.90 Å². The van der Waals surface area contributed by atoms with Gasteiger partial charge in [-0.1, -0.05) is 54.9 Å². The fourth-order valence-corrected chi connectivity index (χ4v) is 5.38. The Morgan fingerprint density at radius 1 is 0.841 bits per heavy atom. The first-order valence-electron chi connectivity index (χ1n) is 13.7. The van der Waals surface area contributed by atoms with E-state index in [1.54, 1.807) is 98.1 Å². The molecule has 8 nitrogen and oxygen atoms in total. The zero-order valence-corrected chi connectivity index (χ0v) is 26.0. The van der Waals surface area contributed by atoms with Crippen LogP contribution in [0.3, 0.4) is 0 Å². The summed E-state index contributed by atoms with van der Waals surface area (Å²) < 4.78 is 10.4. The minimum atomic E-state index is -0.506. The van der Waals surface area contributed by atoms with Crippen molar-refractivity contribution in [1.82, 2.24) is 5.32 Å². The summed E-state index contributed by atoms with van der Waals surface area (Å²) in [7, 11) is 3.10. The molecular weight excluding hydrogens is 598 g/mol. The van der Waals surface area contributed by atoms with E-state index in [9.17, 15) is 14.4 Å². The first kappa shape index (κ1) is 32.2. The van der Waals surface area contributed by atoms with Crippen LogP contribution in [-0.2, 0) is 9.59 Å². The number of hydrogen-bond donors (Lipinski definition) is 3. The number of halogens is 1. The molecule has 0 saturated heterocycles. The highest BCUT2D eigenvalue weighted by Crippen LogP contribution is 2.31. The van der Waals surface area contributed by atoms with E-state index >= 15 is 0 Å². The SMILES string of the molecule is CCC(Sc1cccc(NC(=O)/C(=C\c2ccc(OC)cc2)NC(=O)c2ccccc2)c1)C(=O)Nc1ccc(OC)c(Cl)c1. The van der Waals surface area contributed by atoms with Gasteiger partial charge in [-0.25, -0.2) is 0 Å². The largest absolute Gasteiger partial charge is 0.497 e. The van der Waals surface area contributed by atoms with E-state index in [-0.39, 0.29) is 11.6 Å². The molecule has 44 heavy (non-hydrogen) atoms. The molecule has 4 aromatic rings. The Hall–Kier alpha value is -4.73. The van der Waals surface area contributed by atoms with Gasteiger partial charge in [0.2, 0.25) is 5.91 Å². The first-order chi connectivity index (χ1) is 21.3. The molecule has 1 unspecified atom stereocenters. The van der Waals surface area contributed by atoms with Crippen molar-refractivity contribution >= 4 is 58.5 Å². The smallest absolute Gasteiger partial charge is 0.272 e. The molecule has 0 bridgehead atoms. The number of carbonyl (C=O) groups excluding carboxylic acids is 3. The van der Waals surface area contributed by atoms with Gasteiger partial charge < -0.3 is 25.4 Å². The Kier molecular flexibility index (Phi) is 11.5. The highest BCUT2D eigenvalue weighted by atomic mass is 35.5. The molecule has 3 amide bonds. The molecule has 0 saturated carbocycles. The van der Waals surface area contributed by atoms with Crippen LogP contribution in [0, 0.1) is 0 Å². The number of hydrogen-bond acceptors (Lipinski definition) is 6. The van der Waals surface area contributed by atoms with Gasteiger partial charge in [-0.05, 0) is 78.7 Å². The standard InChI is InChI=1S/C34H32ClN3O5S/c1-4-31(34(41)37-25-15-18-30(43-3)28(35)21-25)44-27-12-8-11-24(20-27)36-33(40)29(19-22-13-16-26(42-2)17-14-22)38-32(39)23-9-6-5-7-10-23/h5-21,31H,4H2,1-3H3,(H,36,40)(H,37,41)(H,38,39)/b29-19+. The maximum Gasteiger partial charge on any atom is 0.272 e. The van der Waals surface area contributed by atoms with Crippen LogP contribution < -0.4 is 25.4 Å². The molecule has 0 aliphatic carbocycles. The third kappa shape index (κ3) is 8.89. The van der Waals surface area contributed by atoms with Crippen LogP contribution in [0.25, 0.3) is 6.08 Å². The Bertz CT molecular complexity index is 1640. The lowest BCUT2D eigenvalue weighted by Crippen LogP contribution is -2.30. The summed E-state index contributed by atoms with van der Waals surface area (Å²) in [6, 6.07) is 28.0. The van der Waals surface area contributed by atoms with Crippen LogP contribution in [0.2, 0.25) is 5.02 Å². The van der Waals surface area contributed by atoms with Gasteiger partial charge in [-0.2, -0.15) is 0 Å². The first-order valence-corrected chi connectivity index (χ1v) is 15.0. The highest BCUT2D eigenvalue weighted by Gasteiger charge is 2.20. The van der Waals surface area contributed by atoms with Gasteiger partial charge in [0.05, 0.1) is 24.5 Å². The fourth-order valence-electron chi connectivity index (χ4n) is 4.11. The molecule has 1 atom stereocenters. The number of benzene rings is 4. The number of nitrogens with one attached hydrogen (secondary N) is 3. The predicted octanol–water partition coefficient (Wildman–Crippen LogP) is 7.28. The molecule has 0 aromatic heterocycles. The number of thioether (sulfide) groups is 1. The van der Waals surface area contributed by atoms with E-state index in [1.165, 1.54) is 18.9 Å². The van der Waals surface area contributed by atoms with Crippen molar-refractivity contribution in [3.8, 4) is 11.5 Å². The van der Waals surface area contributed by atoms with Gasteiger partial charge in [-0.15, -0.1) is 11.8 Å². The molecule has 0 radical (unpaired) electrons. The van der Waals surface area contributed by atoms with Gasteiger partial charge >= 0.3 is 0 Å². The average Bonchev–Trinajstić information content (AvgIpc) is 3.04. The van der Waals surface area contributed by atoms with Crippen LogP contribution >= 0.6 is 23.4 Å². The van der Waals surface area contributed by atoms with Crippen molar-refractivity contribution in [3.05, 3.63) is 119 Å². The maximum absolute atomic E-state index is 13.5. The van der Waals surface area contributed by atoms with Crippen molar-refractivity contribution in [2.45, 2.75) is 23.5 Å². The van der Waals surface area contributed by atoms with Crippen LogP contribution in [0.1, 0.15) is 29.3 Å². The van der Waals surface area contributed by atoms with Crippen molar-refractivity contribution < 1.29 is 23.9 Å². The fraction of sp³-hybridized carbons (Fsp3) is 0.147. The third-order valence-electron chi connectivity index (χ3n) is 6.41. The second-order valence-corrected chi connectivity index (χ2v) is 11.2. The van der Waals surface area contributed by atoms with E-state index in [2.05, 4.69) is 16.0 Å². The summed E-state index contributed by atoms with van der Waals surface area (Å²) in [6.45, 7) is 1.93. The quantitative estimate of drug-likeness (QED) is 0.112. The van der Waals surface area contributed by atoms with Crippen molar-refractivity contribution in [2.24, 2.45) is 0 Å². The number of amides is 3. The van der Waals surface area contributed by atoms with E-state index in [4.69, 9.17) is 21.1 Å². The minimum absolute atomic E-state index is 0.0611. The maximum atomic E-state index is 13.5. The predicted molar refractivity (Wildman–Crippen MR) is 177 cm³/mol. The third-order valence-corrected chi connectivity index (χ3v) is 8.06. The summed E-state index contributed by atoms with van der Waals surface area (Å²) in [4.78, 5) is 40.3. The van der Waals surface area contributed by atoms with Gasteiger partial charge in [0.15, 0.2) is 0 Å². The summed E-state index contributed by atoms with van der Waals surface area (Å²) >= 11 is 7.58. The molecular formula is C34H32ClN3O5S. The average molecular weight is 630 g/mol. The molecule has 0 spiro atoms. The topological polar surface area (TPSA) is 106 Å². The van der Waals surface area contributed by atoms with Gasteiger partial charge in [0, 0.05) is 21.8 Å². The van der Waals surface area contributed by atoms with Crippen LogP contribution in [0.4, 0.5) is 11.4 Å². The molecule has 226 valence electrons. The van der Waals surface area contributed by atoms with Crippen molar-refractivity contribution in [2.75, 3.05) is 24.9 Å². The summed E-state index contributed by atoms with van der Waals surface area (Å²) in [5.41, 5.74) is 2.25.